The zero-order chi connectivity index (χ0) is 37.1. The van der Waals surface area contributed by atoms with E-state index in [1.165, 1.54) is 0 Å². The van der Waals surface area contributed by atoms with Crippen LogP contribution in [0.5, 0.6) is 0 Å². The van der Waals surface area contributed by atoms with Gasteiger partial charge in [-0.1, -0.05) is 84.9 Å². The Hall–Kier alpha value is -8.06. The summed E-state index contributed by atoms with van der Waals surface area (Å²) in [6.07, 6.45) is 0. The second-order valence-corrected chi connectivity index (χ2v) is 14.2. The molecular formula is C50H26N4O2. The lowest BCUT2D eigenvalue weighted by atomic mass is 9.93. The van der Waals surface area contributed by atoms with E-state index in [1.54, 1.807) is 18.2 Å². The summed E-state index contributed by atoms with van der Waals surface area (Å²) in [4.78, 5) is 0. The van der Waals surface area contributed by atoms with Gasteiger partial charge in [-0.2, -0.15) is 10.5 Å². The first-order valence-corrected chi connectivity index (χ1v) is 18.5. The van der Waals surface area contributed by atoms with Gasteiger partial charge in [0, 0.05) is 49.1 Å². The lowest BCUT2D eigenvalue weighted by molar-refractivity contribution is 0.672. The fraction of sp³-hybridized carbons (Fsp3) is 0. The minimum atomic E-state index is 0.433. The summed E-state index contributed by atoms with van der Waals surface area (Å²) in [7, 11) is 0. The first-order chi connectivity index (χ1) is 27.7. The van der Waals surface area contributed by atoms with Crippen LogP contribution >= 0.6 is 0 Å². The molecule has 0 fully saturated rings. The average molecular weight is 715 g/mol. The molecule has 0 aliphatic carbocycles. The molecule has 0 atom stereocenters. The summed E-state index contributed by atoms with van der Waals surface area (Å²) in [6, 6.07) is 58.2. The highest BCUT2D eigenvalue weighted by atomic mass is 16.3. The van der Waals surface area contributed by atoms with Crippen LogP contribution in [0, 0.1) is 22.7 Å². The van der Waals surface area contributed by atoms with Gasteiger partial charge in [0.25, 0.3) is 0 Å². The molecule has 8 aromatic carbocycles. The maximum absolute atomic E-state index is 10.4. The van der Waals surface area contributed by atoms with E-state index in [4.69, 9.17) is 8.83 Å². The minimum absolute atomic E-state index is 0.433. The number of benzene rings is 8. The van der Waals surface area contributed by atoms with Crippen molar-refractivity contribution in [2.75, 3.05) is 0 Å². The number of rotatable bonds is 3. The molecule has 12 aromatic rings. The maximum Gasteiger partial charge on any atom is 0.145 e. The average Bonchev–Trinajstić information content (AvgIpc) is 4.00. The second-order valence-electron chi connectivity index (χ2n) is 14.2. The molecule has 4 heterocycles. The van der Waals surface area contributed by atoms with Crippen molar-refractivity contribution in [1.82, 2.24) is 9.13 Å². The number of nitrogens with zero attached hydrogens (tertiary/aromatic N) is 4. The number of nitriles is 2. The molecule has 258 valence electrons. The van der Waals surface area contributed by atoms with Gasteiger partial charge in [-0.3, -0.25) is 0 Å². The fourth-order valence-electron chi connectivity index (χ4n) is 9.09. The zero-order valence-electron chi connectivity index (χ0n) is 29.6. The van der Waals surface area contributed by atoms with Crippen LogP contribution in [0.25, 0.3) is 110 Å². The van der Waals surface area contributed by atoms with Crippen molar-refractivity contribution in [3.05, 3.63) is 169 Å². The van der Waals surface area contributed by atoms with E-state index in [-0.39, 0.29) is 0 Å². The predicted molar refractivity (Wildman–Crippen MR) is 225 cm³/mol. The normalized spacial score (nSPS) is 11.9. The summed E-state index contributed by atoms with van der Waals surface area (Å²) >= 11 is 0. The van der Waals surface area contributed by atoms with Gasteiger partial charge < -0.3 is 18.0 Å². The summed E-state index contributed by atoms with van der Waals surface area (Å²) in [5.41, 5.74) is 11.3. The topological polar surface area (TPSA) is 83.7 Å². The van der Waals surface area contributed by atoms with Crippen LogP contribution in [0.4, 0.5) is 0 Å². The molecule has 0 amide bonds. The number of fused-ring (bicyclic) bond motifs is 14. The molecule has 0 bridgehead atoms. The summed E-state index contributed by atoms with van der Waals surface area (Å²) in [5.74, 6) is 0. The van der Waals surface area contributed by atoms with E-state index in [0.29, 0.717) is 16.7 Å². The largest absolute Gasteiger partial charge is 0.455 e. The lowest BCUT2D eigenvalue weighted by Crippen LogP contribution is -2.03. The van der Waals surface area contributed by atoms with Crippen molar-refractivity contribution in [2.45, 2.75) is 0 Å². The van der Waals surface area contributed by atoms with E-state index in [0.717, 1.165) is 104 Å². The minimum Gasteiger partial charge on any atom is -0.455 e. The molecule has 0 spiro atoms. The van der Waals surface area contributed by atoms with E-state index >= 15 is 0 Å². The Kier molecular flexibility index (Phi) is 6.10. The van der Waals surface area contributed by atoms with Crippen LogP contribution in [0.1, 0.15) is 11.1 Å². The summed E-state index contributed by atoms with van der Waals surface area (Å²) in [5, 5.41) is 29.3. The van der Waals surface area contributed by atoms with Crippen LogP contribution in [0.3, 0.4) is 0 Å². The highest BCUT2D eigenvalue weighted by Gasteiger charge is 2.24. The summed E-state index contributed by atoms with van der Waals surface area (Å²) in [6.45, 7) is 0. The van der Waals surface area contributed by atoms with Crippen LogP contribution in [0.2, 0.25) is 0 Å². The Labute approximate surface area is 318 Å². The fourth-order valence-corrected chi connectivity index (χ4v) is 9.09. The zero-order valence-corrected chi connectivity index (χ0v) is 29.6. The van der Waals surface area contributed by atoms with E-state index < -0.39 is 0 Å². The van der Waals surface area contributed by atoms with Crippen LogP contribution in [0.15, 0.2) is 167 Å². The Bertz CT molecular complexity index is 3710. The third-order valence-electron chi connectivity index (χ3n) is 11.4. The third-order valence-corrected chi connectivity index (χ3v) is 11.4. The van der Waals surface area contributed by atoms with Gasteiger partial charge >= 0.3 is 0 Å². The molecule has 4 aromatic heterocycles. The quantitative estimate of drug-likeness (QED) is 0.182. The highest BCUT2D eigenvalue weighted by molar-refractivity contribution is 6.25. The van der Waals surface area contributed by atoms with Crippen molar-refractivity contribution in [1.29, 1.82) is 10.5 Å². The van der Waals surface area contributed by atoms with Gasteiger partial charge in [-0.15, -0.1) is 0 Å². The number of aromatic nitrogens is 2. The Morgan fingerprint density at radius 1 is 0.411 bits per heavy atom. The molecule has 0 radical (unpaired) electrons. The van der Waals surface area contributed by atoms with Gasteiger partial charge in [0.1, 0.15) is 22.3 Å². The Morgan fingerprint density at radius 2 is 0.911 bits per heavy atom. The van der Waals surface area contributed by atoms with Crippen molar-refractivity contribution in [3.63, 3.8) is 0 Å². The highest BCUT2D eigenvalue weighted by Crippen LogP contribution is 2.45. The number of hydrogen-bond acceptors (Lipinski definition) is 4. The van der Waals surface area contributed by atoms with E-state index in [9.17, 15) is 10.5 Å². The van der Waals surface area contributed by atoms with Crippen LogP contribution in [-0.2, 0) is 0 Å². The van der Waals surface area contributed by atoms with Crippen molar-refractivity contribution in [2.24, 2.45) is 0 Å². The van der Waals surface area contributed by atoms with Gasteiger partial charge in [-0.05, 0) is 72.8 Å². The second kappa shape index (κ2) is 11.2. The Morgan fingerprint density at radius 3 is 1.48 bits per heavy atom. The van der Waals surface area contributed by atoms with Gasteiger partial charge in [-0.25, -0.2) is 0 Å². The molecule has 56 heavy (non-hydrogen) atoms. The van der Waals surface area contributed by atoms with Crippen LogP contribution in [-0.4, -0.2) is 9.13 Å². The standard InChI is InChI=1S/C50H26N4O2/c51-27-29-10-9-11-30(28-52)46(29)38-21-20-31(53-39-16-5-1-14-36(39)47-41(53)24-22-34-32-12-3-7-18-44(32)55-49(34)47)26-43(38)54-40-17-6-2-15-37(40)48-42(54)25-23-35-33-13-4-8-19-45(33)56-50(35)48/h1-26H. The van der Waals surface area contributed by atoms with Gasteiger partial charge in [0.15, 0.2) is 0 Å². The smallest absolute Gasteiger partial charge is 0.145 e. The monoisotopic (exact) mass is 714 g/mol. The first-order valence-electron chi connectivity index (χ1n) is 18.5. The Balaban J connectivity index is 1.23. The summed E-state index contributed by atoms with van der Waals surface area (Å²) < 4.78 is 17.8. The van der Waals surface area contributed by atoms with Crippen LogP contribution < -0.4 is 0 Å². The number of para-hydroxylation sites is 4. The molecule has 0 saturated carbocycles. The lowest BCUT2D eigenvalue weighted by Gasteiger charge is -2.18. The molecule has 0 aliphatic heterocycles. The predicted octanol–water partition coefficient (Wildman–Crippen LogP) is 13.1. The SMILES string of the molecule is N#Cc1cccc(C#N)c1-c1ccc(-n2c3ccccc3c3c4oc5ccccc5c4ccc32)cc1-n1c2ccccc2c2c3oc4ccccc4c3ccc21. The van der Waals surface area contributed by atoms with Crippen molar-refractivity contribution >= 4 is 87.5 Å². The van der Waals surface area contributed by atoms with E-state index in [2.05, 4.69) is 118 Å². The van der Waals surface area contributed by atoms with Gasteiger partial charge in [0.05, 0.1) is 61.8 Å². The first kappa shape index (κ1) is 30.4. The van der Waals surface area contributed by atoms with Crippen molar-refractivity contribution < 1.29 is 8.83 Å². The molecular weight excluding hydrogens is 689 g/mol. The maximum atomic E-state index is 10.4. The van der Waals surface area contributed by atoms with Gasteiger partial charge in [0.2, 0.25) is 0 Å². The molecule has 12 rings (SSSR count). The van der Waals surface area contributed by atoms with E-state index in [1.807, 2.05) is 42.5 Å². The molecule has 6 nitrogen and oxygen atoms in total. The van der Waals surface area contributed by atoms with Crippen molar-refractivity contribution in [3.8, 4) is 34.6 Å². The number of hydrogen-bond donors (Lipinski definition) is 0. The molecule has 0 aliphatic rings. The molecule has 0 saturated heterocycles. The molecule has 6 heteroatoms. The third kappa shape index (κ3) is 3.97. The molecule has 0 unspecified atom stereocenters. The number of furan rings is 2. The molecule has 0 N–H and O–H groups in total.